The van der Waals surface area contributed by atoms with Gasteiger partial charge in [-0.3, -0.25) is 0 Å². The predicted molar refractivity (Wildman–Crippen MR) is 65.4 cm³/mol. The molecule has 0 amide bonds. The van der Waals surface area contributed by atoms with Crippen LogP contribution in [0.4, 0.5) is 0 Å². The maximum Gasteiger partial charge on any atom is 0.122 e. The molecule has 1 nitrogen and oxygen atoms in total. The van der Waals surface area contributed by atoms with Crippen molar-refractivity contribution in [1.82, 2.24) is 0 Å². The Morgan fingerprint density at radius 1 is 1.00 bits per heavy atom. The molecule has 0 aliphatic heterocycles. The molecule has 1 unspecified atom stereocenters. The largest absolute Gasteiger partial charge is 0.465 e. The first-order chi connectivity index (χ1) is 7.16. The van der Waals surface area contributed by atoms with Gasteiger partial charge >= 0.3 is 0 Å². The number of benzene rings is 1. The molecule has 0 aliphatic carbocycles. The Morgan fingerprint density at radius 2 is 1.67 bits per heavy atom. The quantitative estimate of drug-likeness (QED) is 0.734. The zero-order chi connectivity index (χ0) is 10.8. The van der Waals surface area contributed by atoms with E-state index in [1.54, 1.807) is 0 Å². The standard InChI is InChI=1S/C13H13BrO/c1-9-3-6-11(7-4-9)13(14)12-8-5-10(2)15-12/h3-8,13H,1-2H3. The molecule has 1 heterocycles. The first kappa shape index (κ1) is 10.5. The predicted octanol–water partition coefficient (Wildman–Crippen LogP) is 4.38. The van der Waals surface area contributed by atoms with E-state index in [9.17, 15) is 0 Å². The first-order valence-electron chi connectivity index (χ1n) is 4.94. The van der Waals surface area contributed by atoms with Crippen molar-refractivity contribution in [2.75, 3.05) is 0 Å². The molecule has 0 aliphatic rings. The lowest BCUT2D eigenvalue weighted by Crippen LogP contribution is -1.90. The molecule has 1 aromatic heterocycles. The number of halogens is 1. The van der Waals surface area contributed by atoms with Gasteiger partial charge in [0.15, 0.2) is 0 Å². The monoisotopic (exact) mass is 264 g/mol. The molecule has 1 aromatic carbocycles. The highest BCUT2D eigenvalue weighted by Crippen LogP contribution is 2.31. The smallest absolute Gasteiger partial charge is 0.122 e. The SMILES string of the molecule is Cc1ccc(C(Br)c2ccc(C)o2)cc1. The van der Waals surface area contributed by atoms with Gasteiger partial charge < -0.3 is 4.42 Å². The lowest BCUT2D eigenvalue weighted by Gasteiger charge is -2.07. The van der Waals surface area contributed by atoms with Crippen LogP contribution in [0.25, 0.3) is 0 Å². The second-order valence-electron chi connectivity index (χ2n) is 3.72. The minimum absolute atomic E-state index is 0.145. The van der Waals surface area contributed by atoms with Gasteiger partial charge in [-0.15, -0.1) is 0 Å². The van der Waals surface area contributed by atoms with Crippen molar-refractivity contribution in [1.29, 1.82) is 0 Å². The van der Waals surface area contributed by atoms with Gasteiger partial charge in [0, 0.05) is 0 Å². The summed E-state index contributed by atoms with van der Waals surface area (Å²) < 4.78 is 5.58. The zero-order valence-electron chi connectivity index (χ0n) is 8.83. The van der Waals surface area contributed by atoms with Crippen LogP contribution in [-0.4, -0.2) is 0 Å². The summed E-state index contributed by atoms with van der Waals surface area (Å²) >= 11 is 3.64. The molecule has 2 aromatic rings. The van der Waals surface area contributed by atoms with E-state index in [0.717, 1.165) is 11.5 Å². The Morgan fingerprint density at radius 3 is 2.20 bits per heavy atom. The van der Waals surface area contributed by atoms with E-state index in [0.29, 0.717) is 0 Å². The minimum atomic E-state index is 0.145. The number of hydrogen-bond acceptors (Lipinski definition) is 1. The molecule has 0 bridgehead atoms. The molecule has 0 saturated heterocycles. The van der Waals surface area contributed by atoms with E-state index in [2.05, 4.69) is 47.1 Å². The van der Waals surface area contributed by atoms with Crippen LogP contribution < -0.4 is 0 Å². The molecule has 78 valence electrons. The number of alkyl halides is 1. The van der Waals surface area contributed by atoms with E-state index < -0.39 is 0 Å². The molecule has 0 saturated carbocycles. The average Bonchev–Trinajstić information content (AvgIpc) is 2.65. The van der Waals surface area contributed by atoms with Gasteiger partial charge in [-0.1, -0.05) is 45.8 Å². The summed E-state index contributed by atoms with van der Waals surface area (Å²) in [5.41, 5.74) is 2.49. The van der Waals surface area contributed by atoms with Crippen molar-refractivity contribution < 1.29 is 4.42 Å². The number of aryl methyl sites for hydroxylation is 2. The highest BCUT2D eigenvalue weighted by molar-refractivity contribution is 9.09. The van der Waals surface area contributed by atoms with Gasteiger partial charge in [-0.2, -0.15) is 0 Å². The summed E-state index contributed by atoms with van der Waals surface area (Å²) in [6.07, 6.45) is 0. The molecule has 0 radical (unpaired) electrons. The van der Waals surface area contributed by atoms with E-state index in [4.69, 9.17) is 4.42 Å². The Bertz CT molecular complexity index is 442. The van der Waals surface area contributed by atoms with Crippen molar-refractivity contribution in [3.05, 3.63) is 59.0 Å². The molecule has 0 spiro atoms. The second kappa shape index (κ2) is 4.23. The summed E-state index contributed by atoms with van der Waals surface area (Å²) in [6.45, 7) is 4.04. The fraction of sp³-hybridized carbons (Fsp3) is 0.231. The molecule has 1 atom stereocenters. The van der Waals surface area contributed by atoms with Crippen molar-refractivity contribution in [3.63, 3.8) is 0 Å². The highest BCUT2D eigenvalue weighted by Gasteiger charge is 2.13. The second-order valence-corrected chi connectivity index (χ2v) is 4.64. The molecular formula is C13H13BrO. The van der Waals surface area contributed by atoms with Crippen LogP contribution in [-0.2, 0) is 0 Å². The van der Waals surface area contributed by atoms with Crippen molar-refractivity contribution in [3.8, 4) is 0 Å². The number of furan rings is 1. The maximum absolute atomic E-state index is 5.58. The Hall–Kier alpha value is -1.02. The normalized spacial score (nSPS) is 12.7. The van der Waals surface area contributed by atoms with Crippen LogP contribution in [0.1, 0.15) is 27.5 Å². The third-order valence-electron chi connectivity index (χ3n) is 2.38. The zero-order valence-corrected chi connectivity index (χ0v) is 10.4. The highest BCUT2D eigenvalue weighted by atomic mass is 79.9. The van der Waals surface area contributed by atoms with Crippen LogP contribution in [0.2, 0.25) is 0 Å². The van der Waals surface area contributed by atoms with E-state index in [-0.39, 0.29) is 4.83 Å². The van der Waals surface area contributed by atoms with Crippen LogP contribution >= 0.6 is 15.9 Å². The first-order valence-corrected chi connectivity index (χ1v) is 5.85. The third-order valence-corrected chi connectivity index (χ3v) is 3.36. The van der Waals surface area contributed by atoms with Gasteiger partial charge in [0.2, 0.25) is 0 Å². The molecule has 0 fully saturated rings. The maximum atomic E-state index is 5.58. The molecule has 2 rings (SSSR count). The van der Waals surface area contributed by atoms with E-state index in [1.807, 2.05) is 19.1 Å². The Balaban J connectivity index is 2.28. The number of hydrogen-bond donors (Lipinski definition) is 0. The molecule has 0 N–H and O–H groups in total. The van der Waals surface area contributed by atoms with Crippen LogP contribution in [0.15, 0.2) is 40.8 Å². The van der Waals surface area contributed by atoms with Gasteiger partial charge in [0.25, 0.3) is 0 Å². The van der Waals surface area contributed by atoms with Crippen LogP contribution in [0.3, 0.4) is 0 Å². The lowest BCUT2D eigenvalue weighted by atomic mass is 10.1. The Labute approximate surface area is 98.2 Å². The van der Waals surface area contributed by atoms with Gasteiger partial charge in [0.1, 0.15) is 11.5 Å². The Kier molecular flexibility index (Phi) is 2.96. The van der Waals surface area contributed by atoms with Crippen molar-refractivity contribution >= 4 is 15.9 Å². The molecule has 15 heavy (non-hydrogen) atoms. The van der Waals surface area contributed by atoms with Crippen molar-refractivity contribution in [2.24, 2.45) is 0 Å². The number of rotatable bonds is 2. The van der Waals surface area contributed by atoms with Crippen LogP contribution in [0, 0.1) is 13.8 Å². The van der Waals surface area contributed by atoms with Gasteiger partial charge in [0.05, 0.1) is 4.83 Å². The summed E-state index contributed by atoms with van der Waals surface area (Å²) in [7, 11) is 0. The molecular weight excluding hydrogens is 252 g/mol. The lowest BCUT2D eigenvalue weighted by molar-refractivity contribution is 0.492. The topological polar surface area (TPSA) is 13.1 Å². The van der Waals surface area contributed by atoms with Crippen molar-refractivity contribution in [2.45, 2.75) is 18.7 Å². The summed E-state index contributed by atoms with van der Waals surface area (Å²) in [6, 6.07) is 12.4. The van der Waals surface area contributed by atoms with E-state index in [1.165, 1.54) is 11.1 Å². The average molecular weight is 265 g/mol. The van der Waals surface area contributed by atoms with Crippen LogP contribution in [0.5, 0.6) is 0 Å². The summed E-state index contributed by atoms with van der Waals surface area (Å²) in [4.78, 5) is 0.145. The minimum Gasteiger partial charge on any atom is -0.465 e. The molecule has 2 heteroatoms. The fourth-order valence-electron chi connectivity index (χ4n) is 1.49. The fourth-order valence-corrected chi connectivity index (χ4v) is 2.04. The van der Waals surface area contributed by atoms with Gasteiger partial charge in [-0.05, 0) is 31.5 Å². The third kappa shape index (κ3) is 2.32. The summed E-state index contributed by atoms with van der Waals surface area (Å²) in [5, 5.41) is 0. The van der Waals surface area contributed by atoms with Gasteiger partial charge in [-0.25, -0.2) is 0 Å². The summed E-state index contributed by atoms with van der Waals surface area (Å²) in [5.74, 6) is 1.90. The van der Waals surface area contributed by atoms with E-state index >= 15 is 0 Å².